The first-order chi connectivity index (χ1) is 5.61. The van der Waals surface area contributed by atoms with Crippen LogP contribution in [-0.4, -0.2) is 36.4 Å². The zero-order valence-corrected chi connectivity index (χ0v) is 7.83. The number of carbonyl (C=O) groups is 1. The number of hydrogen-bond donors (Lipinski definition) is 2. The number of hydrogen-bond acceptors (Lipinski definition) is 4. The Morgan fingerprint density at radius 2 is 2.17 bits per heavy atom. The van der Waals surface area contributed by atoms with E-state index in [9.17, 15) is 4.79 Å². The maximum absolute atomic E-state index is 11.1. The number of esters is 1. The molecule has 0 aromatic rings. The quantitative estimate of drug-likeness (QED) is 0.573. The van der Waals surface area contributed by atoms with Crippen LogP contribution in [0.2, 0.25) is 0 Å². The van der Waals surface area contributed by atoms with Crippen molar-refractivity contribution >= 4 is 5.97 Å². The van der Waals surface area contributed by atoms with Crippen LogP contribution in [0.25, 0.3) is 0 Å². The zero-order valence-electron chi connectivity index (χ0n) is 7.83. The van der Waals surface area contributed by atoms with E-state index in [0.29, 0.717) is 6.61 Å². The fourth-order valence-corrected chi connectivity index (χ4v) is 0.841. The molecule has 0 amide bonds. The summed E-state index contributed by atoms with van der Waals surface area (Å²) in [7, 11) is 0. The molecule has 4 nitrogen and oxygen atoms in total. The topological polar surface area (TPSA) is 58.6 Å². The Bertz CT molecular complexity index is 136. The van der Waals surface area contributed by atoms with Gasteiger partial charge in [0.15, 0.2) is 0 Å². The SMILES string of the molecule is CCOC(=O)[C@@H](CO)NC(C)C. The Morgan fingerprint density at radius 3 is 2.50 bits per heavy atom. The fourth-order valence-electron chi connectivity index (χ4n) is 0.841. The summed E-state index contributed by atoms with van der Waals surface area (Å²) in [6.45, 7) is 5.66. The Morgan fingerprint density at radius 1 is 1.58 bits per heavy atom. The second-order valence-corrected chi connectivity index (χ2v) is 2.81. The number of rotatable bonds is 5. The van der Waals surface area contributed by atoms with E-state index in [-0.39, 0.29) is 12.6 Å². The van der Waals surface area contributed by atoms with Crippen molar-refractivity contribution in [2.75, 3.05) is 13.2 Å². The van der Waals surface area contributed by atoms with Crippen LogP contribution in [-0.2, 0) is 9.53 Å². The lowest BCUT2D eigenvalue weighted by Gasteiger charge is -2.16. The predicted octanol–water partition coefficient (Wildman–Crippen LogP) is -0.0916. The first-order valence-electron chi connectivity index (χ1n) is 4.15. The molecule has 0 aromatic heterocycles. The van der Waals surface area contributed by atoms with E-state index in [0.717, 1.165) is 0 Å². The van der Waals surface area contributed by atoms with Gasteiger partial charge in [-0.1, -0.05) is 13.8 Å². The van der Waals surface area contributed by atoms with E-state index in [1.165, 1.54) is 0 Å². The second-order valence-electron chi connectivity index (χ2n) is 2.81. The lowest BCUT2D eigenvalue weighted by atomic mass is 10.2. The van der Waals surface area contributed by atoms with Crippen LogP contribution in [0.3, 0.4) is 0 Å². The molecule has 0 bridgehead atoms. The molecule has 0 spiro atoms. The molecule has 0 aromatic carbocycles. The standard InChI is InChI=1S/C8H17NO3/c1-4-12-8(11)7(5-10)9-6(2)3/h6-7,9-10H,4-5H2,1-3H3/t7-/m1/s1. The normalized spacial score (nSPS) is 13.1. The average Bonchev–Trinajstić information content (AvgIpc) is 2.00. The maximum Gasteiger partial charge on any atom is 0.325 e. The minimum atomic E-state index is -0.593. The molecular formula is C8H17NO3. The predicted molar refractivity (Wildman–Crippen MR) is 45.8 cm³/mol. The van der Waals surface area contributed by atoms with E-state index in [1.54, 1.807) is 6.92 Å². The summed E-state index contributed by atoms with van der Waals surface area (Å²) in [6, 6.07) is -0.434. The number of ether oxygens (including phenoxy) is 1. The molecule has 12 heavy (non-hydrogen) atoms. The van der Waals surface area contributed by atoms with Crippen LogP contribution >= 0.6 is 0 Å². The minimum absolute atomic E-state index is 0.159. The van der Waals surface area contributed by atoms with E-state index in [2.05, 4.69) is 5.32 Å². The van der Waals surface area contributed by atoms with Gasteiger partial charge < -0.3 is 15.2 Å². The third kappa shape index (κ3) is 4.31. The van der Waals surface area contributed by atoms with Gasteiger partial charge in [0.1, 0.15) is 6.04 Å². The molecule has 72 valence electrons. The highest BCUT2D eigenvalue weighted by molar-refractivity contribution is 5.75. The van der Waals surface area contributed by atoms with Gasteiger partial charge in [-0.2, -0.15) is 0 Å². The number of carbonyl (C=O) groups excluding carboxylic acids is 1. The van der Waals surface area contributed by atoms with E-state index in [4.69, 9.17) is 9.84 Å². The van der Waals surface area contributed by atoms with Gasteiger partial charge in [-0.25, -0.2) is 0 Å². The molecule has 1 atom stereocenters. The van der Waals surface area contributed by atoms with Crippen molar-refractivity contribution in [1.29, 1.82) is 0 Å². The first kappa shape index (κ1) is 11.4. The molecule has 0 fully saturated rings. The molecule has 2 N–H and O–H groups in total. The van der Waals surface area contributed by atoms with Crippen molar-refractivity contribution < 1.29 is 14.6 Å². The number of aliphatic hydroxyl groups is 1. The molecule has 0 unspecified atom stereocenters. The van der Waals surface area contributed by atoms with Crippen LogP contribution < -0.4 is 5.32 Å². The summed E-state index contributed by atoms with van der Waals surface area (Å²) in [5.41, 5.74) is 0. The summed E-state index contributed by atoms with van der Waals surface area (Å²) in [5, 5.41) is 11.7. The zero-order chi connectivity index (χ0) is 9.56. The van der Waals surface area contributed by atoms with Gasteiger partial charge in [-0.05, 0) is 6.92 Å². The van der Waals surface area contributed by atoms with Crippen LogP contribution in [0.1, 0.15) is 20.8 Å². The highest BCUT2D eigenvalue weighted by Gasteiger charge is 2.18. The van der Waals surface area contributed by atoms with Gasteiger partial charge >= 0.3 is 5.97 Å². The molecule has 0 radical (unpaired) electrons. The molecule has 0 aliphatic heterocycles. The summed E-state index contributed by atoms with van der Waals surface area (Å²) >= 11 is 0. The Kier molecular flexibility index (Phi) is 5.66. The molecule has 0 aliphatic rings. The molecule has 0 saturated carbocycles. The highest BCUT2D eigenvalue weighted by Crippen LogP contribution is 1.90. The van der Waals surface area contributed by atoms with Gasteiger partial charge in [-0.3, -0.25) is 4.79 Å². The molecule has 0 aliphatic carbocycles. The van der Waals surface area contributed by atoms with Crippen LogP contribution in [0.15, 0.2) is 0 Å². The Labute approximate surface area is 72.9 Å². The van der Waals surface area contributed by atoms with Crippen LogP contribution in [0.5, 0.6) is 0 Å². The largest absolute Gasteiger partial charge is 0.465 e. The summed E-state index contributed by atoms with van der Waals surface area (Å²) < 4.78 is 4.73. The lowest BCUT2D eigenvalue weighted by Crippen LogP contribution is -2.44. The van der Waals surface area contributed by atoms with E-state index < -0.39 is 12.0 Å². The molecular weight excluding hydrogens is 158 g/mol. The summed E-state index contributed by atoms with van der Waals surface area (Å²) in [4.78, 5) is 11.1. The van der Waals surface area contributed by atoms with Crippen molar-refractivity contribution in [3.63, 3.8) is 0 Å². The summed E-state index contributed by atoms with van der Waals surface area (Å²) in [6.07, 6.45) is 0. The third-order valence-electron chi connectivity index (χ3n) is 1.29. The van der Waals surface area contributed by atoms with Gasteiger partial charge in [0.25, 0.3) is 0 Å². The van der Waals surface area contributed by atoms with Crippen LogP contribution in [0, 0.1) is 0 Å². The fraction of sp³-hybridized carbons (Fsp3) is 0.875. The Balaban J connectivity index is 3.87. The molecule has 0 rings (SSSR count). The van der Waals surface area contributed by atoms with Gasteiger partial charge in [-0.15, -0.1) is 0 Å². The van der Waals surface area contributed by atoms with E-state index >= 15 is 0 Å². The minimum Gasteiger partial charge on any atom is -0.465 e. The molecule has 0 saturated heterocycles. The Hall–Kier alpha value is -0.610. The lowest BCUT2D eigenvalue weighted by molar-refractivity contribution is -0.146. The van der Waals surface area contributed by atoms with E-state index in [1.807, 2.05) is 13.8 Å². The summed E-state index contributed by atoms with van der Waals surface area (Å²) in [5.74, 6) is -0.395. The van der Waals surface area contributed by atoms with Crippen molar-refractivity contribution in [1.82, 2.24) is 5.32 Å². The highest BCUT2D eigenvalue weighted by atomic mass is 16.5. The molecule has 0 heterocycles. The number of nitrogens with one attached hydrogen (secondary N) is 1. The van der Waals surface area contributed by atoms with Gasteiger partial charge in [0.05, 0.1) is 13.2 Å². The second kappa shape index (κ2) is 5.97. The smallest absolute Gasteiger partial charge is 0.325 e. The maximum atomic E-state index is 11.1. The van der Waals surface area contributed by atoms with Crippen molar-refractivity contribution in [2.45, 2.75) is 32.9 Å². The molecule has 4 heteroatoms. The van der Waals surface area contributed by atoms with Crippen molar-refractivity contribution in [2.24, 2.45) is 0 Å². The third-order valence-corrected chi connectivity index (χ3v) is 1.29. The first-order valence-corrected chi connectivity index (χ1v) is 4.15. The van der Waals surface area contributed by atoms with Crippen molar-refractivity contribution in [3.8, 4) is 0 Å². The number of aliphatic hydroxyl groups excluding tert-OH is 1. The van der Waals surface area contributed by atoms with Gasteiger partial charge in [0.2, 0.25) is 0 Å². The van der Waals surface area contributed by atoms with Crippen LogP contribution in [0.4, 0.5) is 0 Å². The van der Waals surface area contributed by atoms with Crippen molar-refractivity contribution in [3.05, 3.63) is 0 Å². The monoisotopic (exact) mass is 175 g/mol. The van der Waals surface area contributed by atoms with Gasteiger partial charge in [0, 0.05) is 6.04 Å². The average molecular weight is 175 g/mol.